The molecule has 0 saturated carbocycles. The molecule has 8 nitrogen and oxygen atoms in total. The van der Waals surface area contributed by atoms with Gasteiger partial charge in [-0.05, 0) is 54.8 Å². The van der Waals surface area contributed by atoms with E-state index >= 15 is 0 Å². The van der Waals surface area contributed by atoms with Crippen LogP contribution in [-0.4, -0.2) is 44.7 Å². The Morgan fingerprint density at radius 1 is 1.03 bits per heavy atom. The third kappa shape index (κ3) is 5.06. The van der Waals surface area contributed by atoms with Crippen molar-refractivity contribution in [2.24, 2.45) is 0 Å². The Labute approximate surface area is 195 Å². The minimum absolute atomic E-state index is 0.346. The van der Waals surface area contributed by atoms with Gasteiger partial charge >= 0.3 is 0 Å². The minimum Gasteiger partial charge on any atom is -0.494 e. The van der Waals surface area contributed by atoms with Crippen molar-refractivity contribution in [1.82, 2.24) is 24.7 Å². The smallest absolute Gasteiger partial charge is 0.239 e. The number of rotatable bonds is 9. The standard InChI is InChI=1S/C23H23FN6O2S/c1-15-11-16(13-25-12-15)22-27-28-23(29-33-10-9-18-8-7-17(24)14-26-18)30(22)21-19(31-2)5-4-6-20(21)32-3/h4-8,11-14H,9-10H2,1-3H3,(H,28,29). The fraction of sp³-hybridized carbons (Fsp3) is 0.217. The first-order valence-electron chi connectivity index (χ1n) is 10.2. The van der Waals surface area contributed by atoms with Crippen LogP contribution < -0.4 is 14.2 Å². The number of ether oxygens (including phenoxy) is 2. The molecule has 0 fully saturated rings. The van der Waals surface area contributed by atoms with Crippen LogP contribution in [0.15, 0.2) is 55.0 Å². The summed E-state index contributed by atoms with van der Waals surface area (Å²) in [5, 5.41) is 8.82. The fourth-order valence-corrected chi connectivity index (χ4v) is 3.98. The molecule has 0 aliphatic rings. The molecular weight excluding hydrogens is 443 g/mol. The molecule has 1 N–H and O–H groups in total. The Hall–Kier alpha value is -3.66. The van der Waals surface area contributed by atoms with Gasteiger partial charge in [0, 0.05) is 35.8 Å². The molecule has 0 aliphatic heterocycles. The van der Waals surface area contributed by atoms with Gasteiger partial charge in [0.1, 0.15) is 23.0 Å². The van der Waals surface area contributed by atoms with Crippen molar-refractivity contribution >= 4 is 17.9 Å². The van der Waals surface area contributed by atoms with Crippen LogP contribution in [-0.2, 0) is 6.42 Å². The zero-order chi connectivity index (χ0) is 23.2. The maximum Gasteiger partial charge on any atom is 0.239 e. The van der Waals surface area contributed by atoms with Crippen LogP contribution in [0.1, 0.15) is 11.3 Å². The average Bonchev–Trinajstić information content (AvgIpc) is 3.25. The predicted octanol–water partition coefficient (Wildman–Crippen LogP) is 4.49. The number of aromatic nitrogens is 5. The van der Waals surface area contributed by atoms with E-state index in [4.69, 9.17) is 9.47 Å². The lowest BCUT2D eigenvalue weighted by Crippen LogP contribution is -2.07. The van der Waals surface area contributed by atoms with Gasteiger partial charge in [0.05, 0.1) is 20.4 Å². The van der Waals surface area contributed by atoms with Crippen molar-refractivity contribution in [2.75, 3.05) is 24.7 Å². The van der Waals surface area contributed by atoms with Crippen molar-refractivity contribution in [3.8, 4) is 28.6 Å². The van der Waals surface area contributed by atoms with Gasteiger partial charge in [0.25, 0.3) is 0 Å². The SMILES string of the molecule is COc1cccc(OC)c1-n1c(NSCCc2ccc(F)cn2)nnc1-c1cncc(C)c1. The molecule has 4 rings (SSSR count). The molecular formula is C23H23FN6O2S. The Balaban J connectivity index is 1.67. The molecule has 0 aliphatic carbocycles. The van der Waals surface area contributed by atoms with Gasteiger partial charge in [0.2, 0.25) is 5.95 Å². The van der Waals surface area contributed by atoms with Crippen molar-refractivity contribution in [1.29, 1.82) is 0 Å². The van der Waals surface area contributed by atoms with Crippen LogP contribution in [0, 0.1) is 12.7 Å². The zero-order valence-electron chi connectivity index (χ0n) is 18.4. The second-order valence-electron chi connectivity index (χ2n) is 7.11. The number of nitrogens with one attached hydrogen (secondary N) is 1. The highest BCUT2D eigenvalue weighted by atomic mass is 32.2. The maximum absolute atomic E-state index is 13.1. The number of pyridine rings is 2. The van der Waals surface area contributed by atoms with Gasteiger partial charge in [-0.1, -0.05) is 6.07 Å². The van der Waals surface area contributed by atoms with Crippen LogP contribution in [0.4, 0.5) is 10.3 Å². The molecule has 3 heterocycles. The maximum atomic E-state index is 13.1. The monoisotopic (exact) mass is 466 g/mol. The van der Waals surface area contributed by atoms with Crippen molar-refractivity contribution in [2.45, 2.75) is 13.3 Å². The summed E-state index contributed by atoms with van der Waals surface area (Å²) in [5.74, 6) is 2.67. The topological polar surface area (TPSA) is 87.0 Å². The molecule has 1 aromatic carbocycles. The molecule has 0 saturated heterocycles. The van der Waals surface area contributed by atoms with Gasteiger partial charge in [0.15, 0.2) is 5.82 Å². The molecule has 170 valence electrons. The normalized spacial score (nSPS) is 10.8. The number of anilines is 1. The largest absolute Gasteiger partial charge is 0.494 e. The third-order valence-corrected chi connectivity index (χ3v) is 5.57. The quantitative estimate of drug-likeness (QED) is 0.285. The number of hydrogen-bond acceptors (Lipinski definition) is 8. The van der Waals surface area contributed by atoms with E-state index in [1.165, 1.54) is 24.2 Å². The summed E-state index contributed by atoms with van der Waals surface area (Å²) in [4.78, 5) is 8.40. The molecule has 10 heteroatoms. The lowest BCUT2D eigenvalue weighted by atomic mass is 10.2. The molecule has 0 bridgehead atoms. The molecule has 0 atom stereocenters. The van der Waals surface area contributed by atoms with Crippen LogP contribution in [0.3, 0.4) is 0 Å². The Morgan fingerprint density at radius 2 is 1.82 bits per heavy atom. The highest BCUT2D eigenvalue weighted by Crippen LogP contribution is 2.37. The summed E-state index contributed by atoms with van der Waals surface area (Å²) >= 11 is 1.45. The van der Waals surface area contributed by atoms with E-state index in [-0.39, 0.29) is 5.82 Å². The van der Waals surface area contributed by atoms with Crippen molar-refractivity contribution < 1.29 is 13.9 Å². The summed E-state index contributed by atoms with van der Waals surface area (Å²) in [6, 6.07) is 10.7. The Morgan fingerprint density at radius 3 is 2.48 bits per heavy atom. The van der Waals surface area contributed by atoms with Crippen LogP contribution in [0.5, 0.6) is 11.5 Å². The molecule has 0 radical (unpaired) electrons. The first kappa shape index (κ1) is 22.5. The summed E-state index contributed by atoms with van der Waals surface area (Å²) in [7, 11) is 3.21. The average molecular weight is 467 g/mol. The second-order valence-corrected chi connectivity index (χ2v) is 8.01. The molecule has 3 aromatic heterocycles. The highest BCUT2D eigenvalue weighted by molar-refractivity contribution is 8.00. The first-order valence-corrected chi connectivity index (χ1v) is 11.2. The third-order valence-electron chi connectivity index (χ3n) is 4.83. The van der Waals surface area contributed by atoms with Gasteiger partial charge in [-0.15, -0.1) is 10.2 Å². The summed E-state index contributed by atoms with van der Waals surface area (Å²) in [5.41, 5.74) is 3.30. The number of para-hydroxylation sites is 1. The molecule has 0 unspecified atom stereocenters. The number of halogens is 1. The van der Waals surface area contributed by atoms with Gasteiger partial charge in [-0.3, -0.25) is 19.3 Å². The summed E-state index contributed by atoms with van der Waals surface area (Å²) in [6.45, 7) is 1.97. The number of nitrogens with zero attached hydrogens (tertiary/aromatic N) is 5. The molecule has 33 heavy (non-hydrogen) atoms. The van der Waals surface area contributed by atoms with E-state index in [9.17, 15) is 4.39 Å². The van der Waals surface area contributed by atoms with Crippen LogP contribution in [0.2, 0.25) is 0 Å². The molecule has 0 amide bonds. The summed E-state index contributed by atoms with van der Waals surface area (Å²) in [6.07, 6.45) is 5.41. The Kier molecular flexibility index (Phi) is 7.04. The van der Waals surface area contributed by atoms with Crippen molar-refractivity contribution in [3.05, 3.63) is 72.1 Å². The summed E-state index contributed by atoms with van der Waals surface area (Å²) < 4.78 is 29.5. The van der Waals surface area contributed by atoms with E-state index in [1.807, 2.05) is 35.8 Å². The Bertz CT molecular complexity index is 1210. The van der Waals surface area contributed by atoms with E-state index in [0.29, 0.717) is 41.1 Å². The first-order chi connectivity index (χ1) is 16.1. The number of aryl methyl sites for hydroxylation is 2. The van der Waals surface area contributed by atoms with Crippen LogP contribution in [0.25, 0.3) is 17.1 Å². The number of methoxy groups -OCH3 is 2. The van der Waals surface area contributed by atoms with E-state index < -0.39 is 0 Å². The fourth-order valence-electron chi connectivity index (χ4n) is 3.30. The highest BCUT2D eigenvalue weighted by Gasteiger charge is 2.22. The second kappa shape index (κ2) is 10.3. The predicted molar refractivity (Wildman–Crippen MR) is 126 cm³/mol. The number of hydrogen-bond donors (Lipinski definition) is 1. The molecule has 4 aromatic rings. The van der Waals surface area contributed by atoms with E-state index in [0.717, 1.165) is 16.8 Å². The zero-order valence-corrected chi connectivity index (χ0v) is 19.3. The molecule has 0 spiro atoms. The number of benzene rings is 1. The van der Waals surface area contributed by atoms with Gasteiger partial charge in [-0.2, -0.15) is 0 Å². The van der Waals surface area contributed by atoms with Crippen molar-refractivity contribution in [3.63, 3.8) is 0 Å². The lowest BCUT2D eigenvalue weighted by molar-refractivity contribution is 0.391. The van der Waals surface area contributed by atoms with E-state index in [2.05, 4.69) is 24.9 Å². The van der Waals surface area contributed by atoms with Gasteiger partial charge in [-0.25, -0.2) is 4.39 Å². The minimum atomic E-state index is -0.346. The van der Waals surface area contributed by atoms with E-state index in [1.54, 1.807) is 32.7 Å². The lowest BCUT2D eigenvalue weighted by Gasteiger charge is -2.17. The van der Waals surface area contributed by atoms with Crippen LogP contribution >= 0.6 is 11.9 Å². The van der Waals surface area contributed by atoms with Gasteiger partial charge < -0.3 is 9.47 Å².